The van der Waals surface area contributed by atoms with Crippen LogP contribution in [0.2, 0.25) is 0 Å². The second-order valence-electron chi connectivity index (χ2n) is 3.75. The summed E-state index contributed by atoms with van der Waals surface area (Å²) in [5.74, 6) is 0.936. The van der Waals surface area contributed by atoms with E-state index in [4.69, 9.17) is 16.3 Å². The van der Waals surface area contributed by atoms with Crippen LogP contribution < -0.4 is 4.74 Å². The molecule has 0 spiro atoms. The first-order valence-corrected chi connectivity index (χ1v) is 6.69. The van der Waals surface area contributed by atoms with Crippen molar-refractivity contribution in [3.05, 3.63) is 62.6 Å². The van der Waals surface area contributed by atoms with Crippen molar-refractivity contribution in [2.45, 2.75) is 5.88 Å². The minimum atomic E-state index is -0.483. The highest BCUT2D eigenvalue weighted by Gasteiger charge is 2.16. The summed E-state index contributed by atoms with van der Waals surface area (Å²) in [5, 5.41) is 11.0. The van der Waals surface area contributed by atoms with Gasteiger partial charge in [0.25, 0.3) is 0 Å². The smallest absolute Gasteiger partial charge is 0.311 e. The topological polar surface area (TPSA) is 52.4 Å². The van der Waals surface area contributed by atoms with E-state index in [1.165, 1.54) is 6.07 Å². The maximum absolute atomic E-state index is 11.0. The summed E-state index contributed by atoms with van der Waals surface area (Å²) >= 11 is 8.98. The number of halogens is 2. The highest BCUT2D eigenvalue weighted by Crippen LogP contribution is 2.33. The Morgan fingerprint density at radius 2 is 2.05 bits per heavy atom. The van der Waals surface area contributed by atoms with Gasteiger partial charge in [-0.15, -0.1) is 11.6 Å². The van der Waals surface area contributed by atoms with Gasteiger partial charge in [0.15, 0.2) is 0 Å². The third kappa shape index (κ3) is 3.45. The van der Waals surface area contributed by atoms with Crippen LogP contribution in [0.3, 0.4) is 0 Å². The number of alkyl halides is 1. The first-order valence-electron chi connectivity index (χ1n) is 5.37. The molecule has 0 radical (unpaired) electrons. The third-order valence-electron chi connectivity index (χ3n) is 2.40. The molecule has 0 saturated heterocycles. The first kappa shape index (κ1) is 13.8. The molecule has 0 aliphatic heterocycles. The van der Waals surface area contributed by atoms with E-state index < -0.39 is 4.92 Å². The van der Waals surface area contributed by atoms with Gasteiger partial charge in [-0.1, -0.05) is 28.1 Å². The Morgan fingerprint density at radius 3 is 2.68 bits per heavy atom. The van der Waals surface area contributed by atoms with Crippen LogP contribution in [0, 0.1) is 10.1 Å². The third-order valence-corrected chi connectivity index (χ3v) is 3.20. The Hall–Kier alpha value is -1.59. The Morgan fingerprint density at radius 1 is 1.26 bits per heavy atom. The molecule has 6 heteroatoms. The van der Waals surface area contributed by atoms with Crippen molar-refractivity contribution in [1.82, 2.24) is 0 Å². The zero-order valence-corrected chi connectivity index (χ0v) is 12.0. The molecule has 0 aliphatic carbocycles. The summed E-state index contributed by atoms with van der Waals surface area (Å²) in [6.07, 6.45) is 0. The van der Waals surface area contributed by atoms with Crippen LogP contribution in [0.4, 0.5) is 5.69 Å². The molecule has 0 heterocycles. The van der Waals surface area contributed by atoms with Gasteiger partial charge in [0.2, 0.25) is 5.75 Å². The average molecular weight is 343 g/mol. The van der Waals surface area contributed by atoms with Crippen LogP contribution in [0.25, 0.3) is 0 Å². The molecule has 0 aliphatic rings. The van der Waals surface area contributed by atoms with Gasteiger partial charge in [0.05, 0.1) is 4.92 Å². The lowest BCUT2D eigenvalue weighted by Crippen LogP contribution is -1.94. The van der Waals surface area contributed by atoms with Crippen molar-refractivity contribution in [2.24, 2.45) is 0 Å². The van der Waals surface area contributed by atoms with Gasteiger partial charge >= 0.3 is 5.69 Å². The van der Waals surface area contributed by atoms with Crippen LogP contribution in [0.1, 0.15) is 5.56 Å². The van der Waals surface area contributed by atoms with E-state index in [0.29, 0.717) is 11.3 Å². The zero-order valence-electron chi connectivity index (χ0n) is 9.68. The molecule has 19 heavy (non-hydrogen) atoms. The van der Waals surface area contributed by atoms with Crippen molar-refractivity contribution < 1.29 is 9.66 Å². The molecule has 4 nitrogen and oxygen atoms in total. The summed E-state index contributed by atoms with van der Waals surface area (Å²) < 4.78 is 6.37. The van der Waals surface area contributed by atoms with Crippen LogP contribution in [-0.4, -0.2) is 4.92 Å². The number of nitro groups is 1. The van der Waals surface area contributed by atoms with Crippen molar-refractivity contribution in [3.63, 3.8) is 0 Å². The molecule has 0 saturated carbocycles. The van der Waals surface area contributed by atoms with E-state index in [1.54, 1.807) is 30.3 Å². The maximum atomic E-state index is 11.0. The Balaban J connectivity index is 2.36. The summed E-state index contributed by atoms with van der Waals surface area (Å²) in [7, 11) is 0. The molecule has 0 N–H and O–H groups in total. The van der Waals surface area contributed by atoms with E-state index in [0.717, 1.165) is 4.47 Å². The number of benzene rings is 2. The van der Waals surface area contributed by atoms with Gasteiger partial charge in [-0.2, -0.15) is 0 Å². The van der Waals surface area contributed by atoms with Crippen molar-refractivity contribution in [1.29, 1.82) is 0 Å². The number of rotatable bonds is 4. The van der Waals surface area contributed by atoms with Crippen LogP contribution in [0.5, 0.6) is 11.5 Å². The first-order chi connectivity index (χ1) is 9.10. The lowest BCUT2D eigenvalue weighted by atomic mass is 10.2. The monoisotopic (exact) mass is 341 g/mol. The van der Waals surface area contributed by atoms with Gasteiger partial charge in [-0.25, -0.2) is 0 Å². The fourth-order valence-electron chi connectivity index (χ4n) is 1.53. The fraction of sp³-hybridized carbons (Fsp3) is 0.0769. The maximum Gasteiger partial charge on any atom is 0.311 e. The summed E-state index contributed by atoms with van der Waals surface area (Å²) in [5.41, 5.74) is 0.577. The van der Waals surface area contributed by atoms with E-state index in [2.05, 4.69) is 15.9 Å². The second-order valence-corrected chi connectivity index (χ2v) is 4.94. The molecule has 2 aromatic carbocycles. The van der Waals surface area contributed by atoms with Gasteiger partial charge in [-0.3, -0.25) is 10.1 Å². The summed E-state index contributed by atoms with van der Waals surface area (Å²) in [6.45, 7) is 0. The Kier molecular flexibility index (Phi) is 4.39. The van der Waals surface area contributed by atoms with E-state index in [9.17, 15) is 10.1 Å². The van der Waals surface area contributed by atoms with Gasteiger partial charge in [0, 0.05) is 16.4 Å². The number of nitrogens with zero attached hydrogens (tertiary/aromatic N) is 1. The van der Waals surface area contributed by atoms with Gasteiger partial charge < -0.3 is 4.74 Å². The van der Waals surface area contributed by atoms with Gasteiger partial charge in [0.1, 0.15) is 5.75 Å². The van der Waals surface area contributed by atoms with Crippen LogP contribution >= 0.6 is 27.5 Å². The van der Waals surface area contributed by atoms with Crippen molar-refractivity contribution in [2.75, 3.05) is 0 Å². The molecule has 0 amide bonds. The summed E-state index contributed by atoms with van der Waals surface area (Å²) in [6, 6.07) is 11.8. The second kappa shape index (κ2) is 6.04. The number of hydrogen-bond acceptors (Lipinski definition) is 3. The largest absolute Gasteiger partial charge is 0.450 e. The molecule has 0 fully saturated rings. The average Bonchev–Trinajstić information content (AvgIpc) is 2.39. The number of nitro benzene ring substituents is 1. The van der Waals surface area contributed by atoms with E-state index >= 15 is 0 Å². The lowest BCUT2D eigenvalue weighted by Gasteiger charge is -2.07. The Bertz CT molecular complexity index is 619. The molecular formula is C13H9BrClNO3. The van der Waals surface area contributed by atoms with Crippen molar-refractivity contribution in [3.8, 4) is 11.5 Å². The van der Waals surface area contributed by atoms with E-state index in [-0.39, 0.29) is 17.3 Å². The molecule has 0 unspecified atom stereocenters. The molecule has 2 rings (SSSR count). The Labute approximate surface area is 123 Å². The predicted molar refractivity (Wildman–Crippen MR) is 76.9 cm³/mol. The molecule has 0 aromatic heterocycles. The molecule has 0 atom stereocenters. The van der Waals surface area contributed by atoms with Gasteiger partial charge in [-0.05, 0) is 29.8 Å². The standard InChI is InChI=1S/C13H9BrClNO3/c14-10-2-1-3-11(7-10)19-13-5-4-9(8-15)6-12(13)16(17)18/h1-7H,8H2. The highest BCUT2D eigenvalue weighted by molar-refractivity contribution is 9.10. The molecule has 2 aromatic rings. The molecular weight excluding hydrogens is 334 g/mol. The fourth-order valence-corrected chi connectivity index (χ4v) is 2.08. The van der Waals surface area contributed by atoms with E-state index in [1.807, 2.05) is 6.07 Å². The lowest BCUT2D eigenvalue weighted by molar-refractivity contribution is -0.385. The van der Waals surface area contributed by atoms with Crippen LogP contribution in [0.15, 0.2) is 46.9 Å². The normalized spacial score (nSPS) is 10.2. The predicted octanol–water partition coefficient (Wildman–Crippen LogP) is 4.89. The zero-order chi connectivity index (χ0) is 13.8. The number of hydrogen-bond donors (Lipinski definition) is 0. The minimum Gasteiger partial charge on any atom is -0.450 e. The quantitative estimate of drug-likeness (QED) is 0.451. The highest BCUT2D eigenvalue weighted by atomic mass is 79.9. The molecule has 98 valence electrons. The molecule has 0 bridgehead atoms. The minimum absolute atomic E-state index is 0.0990. The number of ether oxygens (including phenoxy) is 1. The van der Waals surface area contributed by atoms with Crippen LogP contribution in [-0.2, 0) is 5.88 Å². The van der Waals surface area contributed by atoms with Crippen molar-refractivity contribution >= 4 is 33.2 Å². The SMILES string of the molecule is O=[N+]([O-])c1cc(CCl)ccc1Oc1cccc(Br)c1. The summed E-state index contributed by atoms with van der Waals surface area (Å²) in [4.78, 5) is 10.5.